The van der Waals surface area contributed by atoms with Crippen molar-refractivity contribution in [3.8, 4) is 0 Å². The van der Waals surface area contributed by atoms with E-state index in [0.29, 0.717) is 24.6 Å². The summed E-state index contributed by atoms with van der Waals surface area (Å²) in [5.74, 6) is -0.222. The van der Waals surface area contributed by atoms with Crippen molar-refractivity contribution in [2.75, 3.05) is 33.8 Å². The number of hydrogen-bond donors (Lipinski definition) is 1. The van der Waals surface area contributed by atoms with Crippen molar-refractivity contribution in [1.82, 2.24) is 9.62 Å². The Hall–Kier alpha value is -1.44. The summed E-state index contributed by atoms with van der Waals surface area (Å²) in [7, 11) is -0.457. The normalized spacial score (nSPS) is 19.5. The third-order valence-electron chi connectivity index (χ3n) is 4.20. The van der Waals surface area contributed by atoms with Crippen LogP contribution in [0.3, 0.4) is 0 Å². The zero-order valence-corrected chi connectivity index (χ0v) is 14.6. The summed E-state index contributed by atoms with van der Waals surface area (Å²) in [5.41, 5.74) is 0.883. The molecule has 1 aliphatic rings. The smallest absolute Gasteiger partial charge is 0.337 e. The summed E-state index contributed by atoms with van der Waals surface area (Å²) >= 11 is 0. The largest absolute Gasteiger partial charge is 0.465 e. The number of piperidine rings is 1. The Kier molecular flexibility index (Phi) is 5.78. The second-order valence-corrected chi connectivity index (χ2v) is 7.81. The molecule has 7 heteroatoms. The van der Waals surface area contributed by atoms with E-state index in [1.54, 1.807) is 19.1 Å². The van der Waals surface area contributed by atoms with Gasteiger partial charge in [0.25, 0.3) is 0 Å². The van der Waals surface area contributed by atoms with Gasteiger partial charge in [-0.2, -0.15) is 4.31 Å². The van der Waals surface area contributed by atoms with E-state index in [2.05, 4.69) is 10.1 Å². The summed E-state index contributed by atoms with van der Waals surface area (Å²) in [6, 6.07) is 4.65. The van der Waals surface area contributed by atoms with Crippen LogP contribution in [0.4, 0.5) is 0 Å². The average molecular weight is 340 g/mol. The summed E-state index contributed by atoms with van der Waals surface area (Å²) in [4.78, 5) is 11.9. The third-order valence-corrected chi connectivity index (χ3v) is 6.21. The van der Waals surface area contributed by atoms with Crippen molar-refractivity contribution in [2.45, 2.75) is 24.7 Å². The van der Waals surface area contributed by atoms with Crippen molar-refractivity contribution in [3.05, 3.63) is 29.3 Å². The van der Waals surface area contributed by atoms with Crippen LogP contribution in [0.25, 0.3) is 0 Å². The van der Waals surface area contributed by atoms with E-state index in [1.165, 1.54) is 17.5 Å². The average Bonchev–Trinajstić information content (AvgIpc) is 2.55. The van der Waals surface area contributed by atoms with E-state index in [9.17, 15) is 13.2 Å². The van der Waals surface area contributed by atoms with Gasteiger partial charge in [-0.05, 0) is 57.0 Å². The minimum atomic E-state index is -3.61. The molecule has 0 saturated carbocycles. The number of ether oxygens (including phenoxy) is 1. The minimum Gasteiger partial charge on any atom is -0.465 e. The van der Waals surface area contributed by atoms with Gasteiger partial charge >= 0.3 is 5.97 Å². The van der Waals surface area contributed by atoms with E-state index in [-0.39, 0.29) is 10.5 Å². The predicted octanol–water partition coefficient (Wildman–Crippen LogP) is 1.40. The zero-order valence-electron chi connectivity index (χ0n) is 13.8. The highest BCUT2D eigenvalue weighted by atomic mass is 32.2. The first-order valence-electron chi connectivity index (χ1n) is 7.74. The highest BCUT2D eigenvalue weighted by molar-refractivity contribution is 7.89. The third kappa shape index (κ3) is 3.91. The summed E-state index contributed by atoms with van der Waals surface area (Å²) in [5, 5.41) is 3.11. The Balaban J connectivity index is 2.33. The Morgan fingerprint density at radius 3 is 2.83 bits per heavy atom. The van der Waals surface area contributed by atoms with Crippen LogP contribution in [-0.2, 0) is 14.8 Å². The molecule has 1 aromatic carbocycles. The summed E-state index contributed by atoms with van der Waals surface area (Å²) in [6.07, 6.45) is 1.87. The maximum atomic E-state index is 13.0. The molecule has 0 radical (unpaired) electrons. The first-order chi connectivity index (χ1) is 10.9. The van der Waals surface area contributed by atoms with Gasteiger partial charge in [-0.3, -0.25) is 0 Å². The molecule has 1 N–H and O–H groups in total. The lowest BCUT2D eigenvalue weighted by Gasteiger charge is -2.32. The minimum absolute atomic E-state index is 0.186. The highest BCUT2D eigenvalue weighted by Gasteiger charge is 2.31. The van der Waals surface area contributed by atoms with Crippen LogP contribution in [0.5, 0.6) is 0 Å². The standard InChI is InChI=1S/C16H24N2O4S/c1-12-6-7-14(16(19)22-3)9-15(12)23(20,21)18-8-4-5-13(11-18)10-17-2/h6-7,9,13,17H,4-5,8,10-11H2,1-3H3. The number of aryl methyl sites for hydroxylation is 1. The van der Waals surface area contributed by atoms with Crippen molar-refractivity contribution in [2.24, 2.45) is 5.92 Å². The van der Waals surface area contributed by atoms with Crippen LogP contribution in [-0.4, -0.2) is 52.5 Å². The molecule has 0 aromatic heterocycles. The molecule has 128 valence electrons. The highest BCUT2D eigenvalue weighted by Crippen LogP contribution is 2.26. The van der Waals surface area contributed by atoms with Crippen molar-refractivity contribution < 1.29 is 17.9 Å². The van der Waals surface area contributed by atoms with Gasteiger partial charge in [0.15, 0.2) is 0 Å². The fourth-order valence-electron chi connectivity index (χ4n) is 2.96. The number of methoxy groups -OCH3 is 1. The van der Waals surface area contributed by atoms with Crippen LogP contribution in [0.1, 0.15) is 28.8 Å². The fourth-order valence-corrected chi connectivity index (χ4v) is 4.77. The molecule has 0 spiro atoms. The van der Waals surface area contributed by atoms with Gasteiger partial charge in [-0.15, -0.1) is 0 Å². The molecule has 1 unspecified atom stereocenters. The van der Waals surface area contributed by atoms with Crippen LogP contribution in [0.2, 0.25) is 0 Å². The van der Waals surface area contributed by atoms with Crippen LogP contribution >= 0.6 is 0 Å². The van der Waals surface area contributed by atoms with E-state index in [0.717, 1.165) is 19.4 Å². The topological polar surface area (TPSA) is 75.7 Å². The first kappa shape index (κ1) is 17.9. The number of carbonyl (C=O) groups excluding carboxylic acids is 1. The van der Waals surface area contributed by atoms with Gasteiger partial charge in [-0.25, -0.2) is 13.2 Å². The lowest BCUT2D eigenvalue weighted by molar-refractivity contribution is 0.0600. The molecule has 6 nitrogen and oxygen atoms in total. The van der Waals surface area contributed by atoms with Crippen LogP contribution in [0.15, 0.2) is 23.1 Å². The zero-order chi connectivity index (χ0) is 17.0. The van der Waals surface area contributed by atoms with Gasteiger partial charge in [0.05, 0.1) is 17.6 Å². The maximum Gasteiger partial charge on any atom is 0.337 e. The molecule has 0 amide bonds. The number of rotatable bonds is 5. The second kappa shape index (κ2) is 7.42. The quantitative estimate of drug-likeness (QED) is 0.820. The molecular formula is C16H24N2O4S. The number of hydrogen-bond acceptors (Lipinski definition) is 5. The molecule has 0 bridgehead atoms. The monoisotopic (exact) mass is 340 g/mol. The Labute approximate surface area is 137 Å². The molecular weight excluding hydrogens is 316 g/mol. The number of carbonyl (C=O) groups is 1. The Morgan fingerprint density at radius 1 is 1.43 bits per heavy atom. The molecule has 1 fully saturated rings. The number of benzene rings is 1. The predicted molar refractivity (Wildman–Crippen MR) is 87.9 cm³/mol. The van der Waals surface area contributed by atoms with Crippen molar-refractivity contribution in [1.29, 1.82) is 0 Å². The molecule has 23 heavy (non-hydrogen) atoms. The van der Waals surface area contributed by atoms with Crippen molar-refractivity contribution >= 4 is 16.0 Å². The van der Waals surface area contributed by atoms with Crippen LogP contribution in [0, 0.1) is 12.8 Å². The molecule has 2 rings (SSSR count). The molecule has 1 aromatic rings. The summed E-state index contributed by atoms with van der Waals surface area (Å²) in [6.45, 7) is 3.56. The SMILES string of the molecule is CNCC1CCCN(S(=O)(=O)c2cc(C(=O)OC)ccc2C)C1. The summed E-state index contributed by atoms with van der Waals surface area (Å²) < 4.78 is 32.2. The molecule has 1 saturated heterocycles. The molecule has 0 aliphatic carbocycles. The number of nitrogens with one attached hydrogen (secondary N) is 1. The second-order valence-electron chi connectivity index (χ2n) is 5.90. The van der Waals surface area contributed by atoms with E-state index >= 15 is 0 Å². The number of esters is 1. The maximum absolute atomic E-state index is 13.0. The van der Waals surface area contributed by atoms with Crippen molar-refractivity contribution in [3.63, 3.8) is 0 Å². The lowest BCUT2D eigenvalue weighted by atomic mass is 10.00. The number of sulfonamides is 1. The lowest BCUT2D eigenvalue weighted by Crippen LogP contribution is -2.42. The Morgan fingerprint density at radius 2 is 2.17 bits per heavy atom. The van der Waals surface area contributed by atoms with Gasteiger partial charge < -0.3 is 10.1 Å². The van der Waals surface area contributed by atoms with Gasteiger partial charge in [0.1, 0.15) is 0 Å². The fraction of sp³-hybridized carbons (Fsp3) is 0.562. The first-order valence-corrected chi connectivity index (χ1v) is 9.18. The van der Waals surface area contributed by atoms with Gasteiger partial charge in [0.2, 0.25) is 10.0 Å². The van der Waals surface area contributed by atoms with E-state index in [4.69, 9.17) is 0 Å². The van der Waals surface area contributed by atoms with Gasteiger partial charge in [0, 0.05) is 13.1 Å². The van der Waals surface area contributed by atoms with E-state index in [1.807, 2.05) is 7.05 Å². The number of nitrogens with zero attached hydrogens (tertiary/aromatic N) is 1. The Bertz CT molecular complexity index is 671. The molecule has 1 heterocycles. The molecule has 1 atom stereocenters. The van der Waals surface area contributed by atoms with E-state index < -0.39 is 16.0 Å². The molecule has 1 aliphatic heterocycles. The van der Waals surface area contributed by atoms with Gasteiger partial charge in [-0.1, -0.05) is 6.07 Å². The van der Waals surface area contributed by atoms with Crippen LogP contribution < -0.4 is 5.32 Å².